The van der Waals surface area contributed by atoms with Crippen LogP contribution in [0, 0.1) is 10.8 Å². The lowest BCUT2D eigenvalue weighted by atomic mass is 9.63. The van der Waals surface area contributed by atoms with Gasteiger partial charge in [-0.05, 0) is 43.9 Å². The van der Waals surface area contributed by atoms with Crippen molar-refractivity contribution >= 4 is 15.8 Å². The first-order valence-corrected chi connectivity index (χ1v) is 8.54. The quantitative estimate of drug-likeness (QED) is 0.837. The molecule has 0 aromatic rings. The summed E-state index contributed by atoms with van der Waals surface area (Å²) < 4.78 is 22.2. The van der Waals surface area contributed by atoms with E-state index in [2.05, 4.69) is 13.8 Å². The topological polar surface area (TPSA) is 71.4 Å². The Kier molecular flexibility index (Phi) is 4.47. The summed E-state index contributed by atoms with van der Waals surface area (Å²) >= 11 is 0. The van der Waals surface area contributed by atoms with E-state index >= 15 is 0 Å². The van der Waals surface area contributed by atoms with Crippen molar-refractivity contribution in [1.29, 1.82) is 0 Å². The summed E-state index contributed by atoms with van der Waals surface area (Å²) in [5.74, 6) is -0.669. The van der Waals surface area contributed by atoms with Crippen molar-refractivity contribution in [2.45, 2.75) is 52.4 Å². The van der Waals surface area contributed by atoms with Crippen LogP contribution < -0.4 is 0 Å². The normalized spacial score (nSPS) is 22.6. The Morgan fingerprint density at radius 3 is 2.06 bits per heavy atom. The molecule has 0 aromatic carbocycles. The minimum absolute atomic E-state index is 0.0887. The Bertz CT molecular complexity index is 399. The third-order valence-corrected chi connectivity index (χ3v) is 5.22. The molecule has 0 aliphatic heterocycles. The van der Waals surface area contributed by atoms with Gasteiger partial charge in [0.15, 0.2) is 0 Å². The van der Waals surface area contributed by atoms with E-state index in [0.29, 0.717) is 25.7 Å². The first-order chi connectivity index (χ1) is 8.06. The average Bonchev–Trinajstić information content (AvgIpc) is 2.19. The minimum atomic E-state index is -2.99. The molecule has 1 N–H and O–H groups in total. The zero-order valence-electron chi connectivity index (χ0n) is 11.5. The molecule has 4 nitrogen and oxygen atoms in total. The van der Waals surface area contributed by atoms with Gasteiger partial charge < -0.3 is 5.11 Å². The summed E-state index contributed by atoms with van der Waals surface area (Å²) in [7, 11) is -2.99. The van der Waals surface area contributed by atoms with Crippen molar-refractivity contribution in [1.82, 2.24) is 0 Å². The van der Waals surface area contributed by atoms with Gasteiger partial charge in [-0.25, -0.2) is 8.42 Å². The van der Waals surface area contributed by atoms with E-state index in [-0.39, 0.29) is 11.2 Å². The zero-order valence-corrected chi connectivity index (χ0v) is 12.3. The van der Waals surface area contributed by atoms with Gasteiger partial charge in [0.05, 0.1) is 5.41 Å². The van der Waals surface area contributed by atoms with Crippen molar-refractivity contribution in [2.24, 2.45) is 10.8 Å². The molecule has 106 valence electrons. The highest BCUT2D eigenvalue weighted by atomic mass is 32.2. The molecule has 0 atom stereocenters. The van der Waals surface area contributed by atoms with E-state index in [9.17, 15) is 18.3 Å². The van der Waals surface area contributed by atoms with E-state index in [4.69, 9.17) is 0 Å². The highest BCUT2D eigenvalue weighted by Gasteiger charge is 2.43. The highest BCUT2D eigenvalue weighted by Crippen LogP contribution is 2.47. The fourth-order valence-corrected chi connectivity index (χ4v) is 3.32. The molecule has 0 unspecified atom stereocenters. The Balaban J connectivity index is 2.64. The molecule has 1 rings (SSSR count). The van der Waals surface area contributed by atoms with Crippen LogP contribution in [-0.4, -0.2) is 31.5 Å². The van der Waals surface area contributed by atoms with Crippen LogP contribution in [0.15, 0.2) is 0 Å². The van der Waals surface area contributed by atoms with Gasteiger partial charge in [-0.1, -0.05) is 13.8 Å². The first kappa shape index (κ1) is 15.5. The summed E-state index contributed by atoms with van der Waals surface area (Å²) in [5.41, 5.74) is -0.476. The van der Waals surface area contributed by atoms with Crippen LogP contribution in [0.1, 0.15) is 52.4 Å². The van der Waals surface area contributed by atoms with Gasteiger partial charge >= 0.3 is 5.97 Å². The van der Waals surface area contributed by atoms with Crippen LogP contribution in [-0.2, 0) is 14.6 Å². The highest BCUT2D eigenvalue weighted by molar-refractivity contribution is 7.90. The van der Waals surface area contributed by atoms with Gasteiger partial charge in [-0.3, -0.25) is 4.79 Å². The Morgan fingerprint density at radius 2 is 1.67 bits per heavy atom. The minimum Gasteiger partial charge on any atom is -0.481 e. The van der Waals surface area contributed by atoms with Gasteiger partial charge in [0.1, 0.15) is 9.84 Å². The second-order valence-corrected chi connectivity index (χ2v) is 8.74. The summed E-state index contributed by atoms with van der Waals surface area (Å²) in [5, 5.41) is 9.44. The predicted molar refractivity (Wildman–Crippen MR) is 71.3 cm³/mol. The molecule has 1 fully saturated rings. The smallest absolute Gasteiger partial charge is 0.309 e. The molecule has 5 heteroatoms. The molecule has 1 saturated carbocycles. The molecule has 1 aliphatic carbocycles. The second kappa shape index (κ2) is 5.19. The van der Waals surface area contributed by atoms with Crippen LogP contribution >= 0.6 is 0 Å². The Morgan fingerprint density at radius 1 is 1.17 bits per heavy atom. The van der Waals surface area contributed by atoms with Crippen molar-refractivity contribution in [3.63, 3.8) is 0 Å². The Labute approximate surface area is 110 Å². The van der Waals surface area contributed by atoms with E-state index in [1.807, 2.05) is 0 Å². The number of sulfone groups is 1. The molecule has 0 saturated heterocycles. The average molecular weight is 276 g/mol. The van der Waals surface area contributed by atoms with E-state index in [1.54, 1.807) is 0 Å². The summed E-state index contributed by atoms with van der Waals surface area (Å²) in [6.45, 7) is 4.32. The molecule has 18 heavy (non-hydrogen) atoms. The number of carboxylic acids is 1. The molecular weight excluding hydrogens is 252 g/mol. The Hall–Kier alpha value is -0.580. The van der Waals surface area contributed by atoms with E-state index in [0.717, 1.165) is 12.8 Å². The van der Waals surface area contributed by atoms with E-state index in [1.165, 1.54) is 6.26 Å². The SMILES string of the molecule is CC1(C)CCC(CCCS(C)(=O)=O)(C(=O)O)CC1. The zero-order chi connectivity index (χ0) is 14.0. The van der Waals surface area contributed by atoms with Gasteiger partial charge in [0.25, 0.3) is 0 Å². The number of hydrogen-bond donors (Lipinski definition) is 1. The van der Waals surface area contributed by atoms with Gasteiger partial charge in [0.2, 0.25) is 0 Å². The van der Waals surface area contributed by atoms with Crippen LogP contribution in [0.25, 0.3) is 0 Å². The van der Waals surface area contributed by atoms with Crippen molar-refractivity contribution in [2.75, 3.05) is 12.0 Å². The number of carbonyl (C=O) groups is 1. The summed E-state index contributed by atoms with van der Waals surface area (Å²) in [4.78, 5) is 11.5. The molecule has 0 aromatic heterocycles. The summed E-state index contributed by atoms with van der Waals surface area (Å²) in [6, 6.07) is 0. The fraction of sp³-hybridized carbons (Fsp3) is 0.923. The van der Waals surface area contributed by atoms with Gasteiger partial charge in [-0.15, -0.1) is 0 Å². The standard InChI is InChI=1S/C13H24O4S/c1-12(2)6-8-13(9-7-12,11(14)15)5-4-10-18(3,16)17/h4-10H2,1-3H3,(H,14,15). The lowest BCUT2D eigenvalue weighted by Gasteiger charge is -2.41. The maximum Gasteiger partial charge on any atom is 0.309 e. The van der Waals surface area contributed by atoms with Gasteiger partial charge in [-0.2, -0.15) is 0 Å². The summed E-state index contributed by atoms with van der Waals surface area (Å²) in [6.07, 6.45) is 5.26. The molecule has 0 spiro atoms. The lowest BCUT2D eigenvalue weighted by molar-refractivity contribution is -0.153. The molecule has 0 bridgehead atoms. The predicted octanol–water partition coefficient (Wildman–Crippen LogP) is 2.48. The largest absolute Gasteiger partial charge is 0.481 e. The molecular formula is C13H24O4S. The number of hydrogen-bond acceptors (Lipinski definition) is 3. The first-order valence-electron chi connectivity index (χ1n) is 6.48. The molecule has 1 aliphatic rings. The fourth-order valence-electron chi connectivity index (χ4n) is 2.65. The third-order valence-electron chi connectivity index (χ3n) is 4.18. The monoisotopic (exact) mass is 276 g/mol. The van der Waals surface area contributed by atoms with Crippen molar-refractivity contribution in [3.05, 3.63) is 0 Å². The van der Waals surface area contributed by atoms with Crippen molar-refractivity contribution < 1.29 is 18.3 Å². The van der Waals surface area contributed by atoms with Crippen LogP contribution in [0.3, 0.4) is 0 Å². The molecule has 0 amide bonds. The van der Waals surface area contributed by atoms with Gasteiger partial charge in [0, 0.05) is 12.0 Å². The number of carboxylic acid groups (broad SMARTS) is 1. The lowest BCUT2D eigenvalue weighted by Crippen LogP contribution is -2.38. The van der Waals surface area contributed by atoms with E-state index < -0.39 is 21.2 Å². The third kappa shape index (κ3) is 4.26. The van der Waals surface area contributed by atoms with Crippen molar-refractivity contribution in [3.8, 4) is 0 Å². The van der Waals surface area contributed by atoms with Crippen LogP contribution in [0.2, 0.25) is 0 Å². The van der Waals surface area contributed by atoms with Crippen LogP contribution in [0.4, 0.5) is 0 Å². The maximum atomic E-state index is 11.5. The molecule has 0 heterocycles. The maximum absolute atomic E-state index is 11.5. The number of aliphatic carboxylic acids is 1. The second-order valence-electron chi connectivity index (χ2n) is 6.48. The molecule has 0 radical (unpaired) electrons. The van der Waals surface area contributed by atoms with Crippen LogP contribution in [0.5, 0.6) is 0 Å². The number of rotatable bonds is 5.